The molecule has 2 aromatic rings. The van der Waals surface area contributed by atoms with E-state index in [2.05, 4.69) is 10.6 Å². The molecule has 0 aromatic heterocycles. The fourth-order valence-corrected chi connectivity index (χ4v) is 2.40. The fraction of sp³-hybridized carbons (Fsp3) is 0. The number of nitrogens with one attached hydrogen (secondary N) is 2. The zero-order valence-electron chi connectivity index (χ0n) is 13.5. The maximum atomic E-state index is 11.9. The van der Waals surface area contributed by atoms with Crippen molar-refractivity contribution >= 4 is 58.3 Å². The summed E-state index contributed by atoms with van der Waals surface area (Å²) in [5.74, 6) is -1.66. The lowest BCUT2D eigenvalue weighted by Crippen LogP contribution is -2.32. The number of hydrogen-bond donors (Lipinski definition) is 3. The van der Waals surface area contributed by atoms with Gasteiger partial charge in [0.05, 0.1) is 10.5 Å². The quantitative estimate of drug-likeness (QED) is 0.301. The number of carboxylic acids is 1. The molecule has 2 aromatic carbocycles. The minimum Gasteiger partial charge on any atom is -0.478 e. The van der Waals surface area contributed by atoms with Gasteiger partial charge in [0, 0.05) is 17.8 Å². The summed E-state index contributed by atoms with van der Waals surface area (Å²) < 4.78 is 0. The summed E-state index contributed by atoms with van der Waals surface area (Å²) in [6.45, 7) is 0. The van der Waals surface area contributed by atoms with Gasteiger partial charge in [-0.25, -0.2) is 4.79 Å². The minimum atomic E-state index is -1.09. The Morgan fingerprint density at radius 3 is 2.63 bits per heavy atom. The number of benzene rings is 2. The Labute approximate surface area is 163 Å². The van der Waals surface area contributed by atoms with Gasteiger partial charge in [-0.3, -0.25) is 20.2 Å². The molecule has 27 heavy (non-hydrogen) atoms. The number of nitro groups is 1. The number of nitrogens with zero attached hydrogens (tertiary/aromatic N) is 1. The van der Waals surface area contributed by atoms with Crippen LogP contribution in [0.3, 0.4) is 0 Å². The molecule has 0 saturated carbocycles. The zero-order valence-corrected chi connectivity index (χ0v) is 15.1. The third-order valence-corrected chi connectivity index (χ3v) is 3.72. The molecule has 3 N–H and O–H groups in total. The van der Waals surface area contributed by atoms with Crippen LogP contribution in [0.5, 0.6) is 0 Å². The van der Waals surface area contributed by atoms with Gasteiger partial charge in [-0.15, -0.1) is 0 Å². The van der Waals surface area contributed by atoms with E-state index in [-0.39, 0.29) is 21.4 Å². The van der Waals surface area contributed by atoms with Crippen molar-refractivity contribution in [1.82, 2.24) is 5.32 Å². The molecule has 0 fully saturated rings. The molecule has 0 unspecified atom stereocenters. The molecular weight excluding hydrogens is 394 g/mol. The number of carbonyl (C=O) groups excluding carboxylic acids is 1. The van der Waals surface area contributed by atoms with E-state index in [0.29, 0.717) is 11.3 Å². The third-order valence-electron chi connectivity index (χ3n) is 3.20. The van der Waals surface area contributed by atoms with Crippen molar-refractivity contribution in [2.75, 3.05) is 5.32 Å². The normalized spacial score (nSPS) is 10.4. The highest BCUT2D eigenvalue weighted by Crippen LogP contribution is 2.25. The Morgan fingerprint density at radius 2 is 1.96 bits per heavy atom. The SMILES string of the molecule is O=C(/C=C/c1ccc(Cl)c([N+](=O)[O-])c1)NC(=S)Nc1cccc(C(=O)O)c1. The van der Waals surface area contributed by atoms with E-state index in [1.165, 1.54) is 42.5 Å². The number of nitro benzene ring substituents is 1. The lowest BCUT2D eigenvalue weighted by atomic mass is 10.2. The highest BCUT2D eigenvalue weighted by Gasteiger charge is 2.12. The van der Waals surface area contributed by atoms with Crippen molar-refractivity contribution in [3.05, 3.63) is 74.8 Å². The van der Waals surface area contributed by atoms with Crippen LogP contribution in [0.1, 0.15) is 15.9 Å². The van der Waals surface area contributed by atoms with Crippen LogP contribution >= 0.6 is 23.8 Å². The lowest BCUT2D eigenvalue weighted by Gasteiger charge is -2.08. The number of anilines is 1. The van der Waals surface area contributed by atoms with Crippen LogP contribution in [0.25, 0.3) is 6.08 Å². The summed E-state index contributed by atoms with van der Waals surface area (Å²) in [6, 6.07) is 10.0. The number of aromatic carboxylic acids is 1. The molecular formula is C17H12ClN3O5S. The van der Waals surface area contributed by atoms with Crippen LogP contribution in [-0.2, 0) is 4.79 Å². The molecule has 138 valence electrons. The molecule has 0 aliphatic heterocycles. The van der Waals surface area contributed by atoms with Crippen LogP contribution in [0.4, 0.5) is 11.4 Å². The second kappa shape index (κ2) is 8.88. The number of carbonyl (C=O) groups is 2. The van der Waals surface area contributed by atoms with Gasteiger partial charge in [-0.05, 0) is 48.1 Å². The molecule has 8 nitrogen and oxygen atoms in total. The van der Waals surface area contributed by atoms with Crippen LogP contribution < -0.4 is 10.6 Å². The number of amides is 1. The van der Waals surface area contributed by atoms with Gasteiger partial charge >= 0.3 is 5.97 Å². The number of carboxylic acid groups (broad SMARTS) is 1. The van der Waals surface area contributed by atoms with Crippen molar-refractivity contribution in [2.24, 2.45) is 0 Å². The van der Waals surface area contributed by atoms with Gasteiger partial charge < -0.3 is 10.4 Å². The summed E-state index contributed by atoms with van der Waals surface area (Å²) in [4.78, 5) is 33.1. The molecule has 0 spiro atoms. The Kier molecular flexibility index (Phi) is 6.58. The second-order valence-corrected chi connectivity index (χ2v) is 5.95. The molecule has 10 heteroatoms. The van der Waals surface area contributed by atoms with Crippen molar-refractivity contribution in [3.63, 3.8) is 0 Å². The predicted octanol–water partition coefficient (Wildman–Crippen LogP) is 3.47. The molecule has 0 bridgehead atoms. The predicted molar refractivity (Wildman–Crippen MR) is 105 cm³/mol. The number of thiocarbonyl (C=S) groups is 1. The van der Waals surface area contributed by atoms with Crippen LogP contribution in [0.2, 0.25) is 5.02 Å². The molecule has 1 amide bonds. The largest absolute Gasteiger partial charge is 0.478 e. The first-order valence-electron chi connectivity index (χ1n) is 7.33. The summed E-state index contributed by atoms with van der Waals surface area (Å²) >= 11 is 10.7. The summed E-state index contributed by atoms with van der Waals surface area (Å²) in [7, 11) is 0. The molecule has 0 saturated heterocycles. The van der Waals surface area contributed by atoms with E-state index in [1.54, 1.807) is 6.07 Å². The van der Waals surface area contributed by atoms with E-state index in [1.807, 2.05) is 0 Å². The maximum Gasteiger partial charge on any atom is 0.335 e. The highest BCUT2D eigenvalue weighted by atomic mass is 35.5. The minimum absolute atomic E-state index is 0.00410. The van der Waals surface area contributed by atoms with Gasteiger partial charge in [-0.1, -0.05) is 23.7 Å². The van der Waals surface area contributed by atoms with Crippen molar-refractivity contribution in [3.8, 4) is 0 Å². The van der Waals surface area contributed by atoms with Crippen molar-refractivity contribution in [1.29, 1.82) is 0 Å². The Morgan fingerprint density at radius 1 is 1.22 bits per heavy atom. The molecule has 0 aliphatic carbocycles. The maximum absolute atomic E-state index is 11.9. The van der Waals surface area contributed by atoms with E-state index in [9.17, 15) is 19.7 Å². The van der Waals surface area contributed by atoms with Gasteiger partial charge in [0.25, 0.3) is 5.69 Å². The Hall–Kier alpha value is -3.30. The van der Waals surface area contributed by atoms with Gasteiger partial charge in [0.2, 0.25) is 5.91 Å². The van der Waals surface area contributed by atoms with Crippen molar-refractivity contribution in [2.45, 2.75) is 0 Å². The number of rotatable bonds is 5. The molecule has 0 radical (unpaired) electrons. The smallest absolute Gasteiger partial charge is 0.335 e. The van der Waals surface area contributed by atoms with E-state index >= 15 is 0 Å². The monoisotopic (exact) mass is 405 g/mol. The Bertz CT molecular complexity index is 961. The van der Waals surface area contributed by atoms with Crippen LogP contribution in [0.15, 0.2) is 48.5 Å². The zero-order chi connectivity index (χ0) is 20.0. The van der Waals surface area contributed by atoms with Gasteiger partial charge in [0.15, 0.2) is 5.11 Å². The van der Waals surface area contributed by atoms with Crippen molar-refractivity contribution < 1.29 is 19.6 Å². The van der Waals surface area contributed by atoms with E-state index in [0.717, 1.165) is 6.08 Å². The average Bonchev–Trinajstić information content (AvgIpc) is 2.60. The first-order chi connectivity index (χ1) is 12.8. The molecule has 2 rings (SSSR count). The third kappa shape index (κ3) is 5.87. The van der Waals surface area contributed by atoms with E-state index < -0.39 is 16.8 Å². The fourth-order valence-electron chi connectivity index (χ4n) is 1.99. The topological polar surface area (TPSA) is 122 Å². The lowest BCUT2D eigenvalue weighted by molar-refractivity contribution is -0.384. The van der Waals surface area contributed by atoms with E-state index in [4.69, 9.17) is 28.9 Å². The van der Waals surface area contributed by atoms with Crippen LogP contribution in [-0.4, -0.2) is 27.0 Å². The first-order valence-corrected chi connectivity index (χ1v) is 8.12. The second-order valence-electron chi connectivity index (χ2n) is 5.13. The van der Waals surface area contributed by atoms with Crippen LogP contribution in [0, 0.1) is 10.1 Å². The summed E-state index contributed by atoms with van der Waals surface area (Å²) in [5, 5.41) is 24.8. The molecule has 0 atom stereocenters. The number of halogens is 1. The van der Waals surface area contributed by atoms with Gasteiger partial charge in [0.1, 0.15) is 5.02 Å². The highest BCUT2D eigenvalue weighted by molar-refractivity contribution is 7.80. The first kappa shape index (κ1) is 20.0. The molecule has 0 heterocycles. The Balaban J connectivity index is 1.99. The number of hydrogen-bond acceptors (Lipinski definition) is 5. The summed E-state index contributed by atoms with van der Waals surface area (Å²) in [6.07, 6.45) is 2.51. The van der Waals surface area contributed by atoms with Gasteiger partial charge in [-0.2, -0.15) is 0 Å². The molecule has 0 aliphatic rings. The summed E-state index contributed by atoms with van der Waals surface area (Å²) in [5.41, 5.74) is 0.611. The standard InChI is InChI=1S/C17H12ClN3O5S/c18-13-6-4-10(8-14(13)21(25)26)5-7-15(22)20-17(27)19-12-3-1-2-11(9-12)16(23)24/h1-9H,(H,23,24)(H2,19,20,22,27)/b7-5+. The average molecular weight is 406 g/mol.